The van der Waals surface area contributed by atoms with Gasteiger partial charge in [0, 0.05) is 11.6 Å². The molecule has 20 heavy (non-hydrogen) atoms. The van der Waals surface area contributed by atoms with E-state index in [0.29, 0.717) is 17.7 Å². The van der Waals surface area contributed by atoms with E-state index in [0.717, 1.165) is 5.56 Å². The molecule has 3 heteroatoms. The molecular formula is C17H17FO2. The van der Waals surface area contributed by atoms with Gasteiger partial charge in [-0.1, -0.05) is 43.3 Å². The predicted molar refractivity (Wildman–Crippen MR) is 76.6 cm³/mol. The average Bonchev–Trinajstić information content (AvgIpc) is 2.48. The van der Waals surface area contributed by atoms with E-state index in [1.54, 1.807) is 18.2 Å². The van der Waals surface area contributed by atoms with Crippen molar-refractivity contribution in [3.8, 4) is 5.75 Å². The van der Waals surface area contributed by atoms with Gasteiger partial charge in [-0.05, 0) is 25.0 Å². The smallest absolute Gasteiger partial charge is 0.203 e. The maximum Gasteiger partial charge on any atom is 0.203 e. The van der Waals surface area contributed by atoms with Crippen molar-refractivity contribution in [2.45, 2.75) is 26.4 Å². The van der Waals surface area contributed by atoms with Crippen LogP contribution in [0.3, 0.4) is 0 Å². The van der Waals surface area contributed by atoms with Crippen LogP contribution in [0.4, 0.5) is 4.39 Å². The second kappa shape index (κ2) is 6.33. The van der Waals surface area contributed by atoms with Crippen molar-refractivity contribution in [2.75, 3.05) is 0 Å². The van der Waals surface area contributed by atoms with Crippen LogP contribution in [0.2, 0.25) is 0 Å². The Hall–Kier alpha value is -2.16. The molecule has 0 N–H and O–H groups in total. The first kappa shape index (κ1) is 14.3. The van der Waals surface area contributed by atoms with Crippen molar-refractivity contribution in [1.29, 1.82) is 0 Å². The molecule has 2 rings (SSSR count). The zero-order valence-corrected chi connectivity index (χ0v) is 11.6. The SMILES string of the molecule is CCC(Oc1cc(F)ccc1C)C(=O)c1ccccc1. The molecule has 104 valence electrons. The molecule has 2 aromatic carbocycles. The highest BCUT2D eigenvalue weighted by Gasteiger charge is 2.20. The highest BCUT2D eigenvalue weighted by atomic mass is 19.1. The summed E-state index contributed by atoms with van der Waals surface area (Å²) in [5, 5.41) is 0. The van der Waals surface area contributed by atoms with Gasteiger partial charge in [-0.25, -0.2) is 4.39 Å². The normalized spacial score (nSPS) is 11.9. The van der Waals surface area contributed by atoms with Crippen LogP contribution in [0.1, 0.15) is 29.3 Å². The maximum atomic E-state index is 13.3. The van der Waals surface area contributed by atoms with Gasteiger partial charge in [0.2, 0.25) is 5.78 Å². The first-order valence-corrected chi connectivity index (χ1v) is 6.64. The van der Waals surface area contributed by atoms with Crippen LogP contribution in [0.15, 0.2) is 48.5 Å². The van der Waals surface area contributed by atoms with Gasteiger partial charge in [0.15, 0.2) is 6.10 Å². The fraction of sp³-hybridized carbons (Fsp3) is 0.235. The monoisotopic (exact) mass is 272 g/mol. The van der Waals surface area contributed by atoms with Crippen molar-refractivity contribution in [3.63, 3.8) is 0 Å². The Morgan fingerprint density at radius 3 is 2.55 bits per heavy atom. The number of hydrogen-bond acceptors (Lipinski definition) is 2. The Kier molecular flexibility index (Phi) is 4.51. The highest BCUT2D eigenvalue weighted by molar-refractivity contribution is 5.99. The molecule has 0 amide bonds. The van der Waals surface area contributed by atoms with Crippen molar-refractivity contribution in [1.82, 2.24) is 0 Å². The Balaban J connectivity index is 2.21. The third kappa shape index (κ3) is 3.23. The minimum absolute atomic E-state index is 0.0863. The van der Waals surface area contributed by atoms with Gasteiger partial charge in [0.25, 0.3) is 0 Å². The molecule has 2 aromatic rings. The van der Waals surface area contributed by atoms with Crippen molar-refractivity contribution in [3.05, 3.63) is 65.5 Å². The third-order valence-corrected chi connectivity index (χ3v) is 3.14. The standard InChI is InChI=1S/C17H17FO2/c1-3-15(17(19)13-7-5-4-6-8-13)20-16-11-14(18)10-9-12(16)2/h4-11,15H,3H2,1-2H3. The number of halogens is 1. The van der Waals surface area contributed by atoms with E-state index >= 15 is 0 Å². The van der Waals surface area contributed by atoms with E-state index in [1.807, 2.05) is 32.0 Å². The van der Waals surface area contributed by atoms with Gasteiger partial charge in [-0.3, -0.25) is 4.79 Å². The largest absolute Gasteiger partial charge is 0.482 e. The number of rotatable bonds is 5. The molecule has 0 saturated carbocycles. The molecule has 0 aliphatic carbocycles. The van der Waals surface area contributed by atoms with E-state index < -0.39 is 6.10 Å². The van der Waals surface area contributed by atoms with Crippen LogP contribution in [-0.4, -0.2) is 11.9 Å². The van der Waals surface area contributed by atoms with Crippen LogP contribution in [0, 0.1) is 12.7 Å². The number of carbonyl (C=O) groups is 1. The molecule has 1 unspecified atom stereocenters. The summed E-state index contributed by atoms with van der Waals surface area (Å²) in [6.45, 7) is 3.70. The highest BCUT2D eigenvalue weighted by Crippen LogP contribution is 2.22. The Labute approximate surface area is 118 Å². The molecule has 0 radical (unpaired) electrons. The number of hydrogen-bond donors (Lipinski definition) is 0. The van der Waals surface area contributed by atoms with E-state index in [9.17, 15) is 9.18 Å². The molecule has 2 nitrogen and oxygen atoms in total. The quantitative estimate of drug-likeness (QED) is 0.763. The van der Waals surface area contributed by atoms with Crippen LogP contribution >= 0.6 is 0 Å². The maximum absolute atomic E-state index is 13.3. The molecule has 0 bridgehead atoms. The average molecular weight is 272 g/mol. The summed E-state index contributed by atoms with van der Waals surface area (Å²) in [5.41, 5.74) is 1.42. The van der Waals surface area contributed by atoms with E-state index in [-0.39, 0.29) is 11.6 Å². The molecule has 0 heterocycles. The number of ketones is 1. The summed E-state index contributed by atoms with van der Waals surface area (Å²) in [4.78, 5) is 12.4. The van der Waals surface area contributed by atoms with Gasteiger partial charge in [-0.15, -0.1) is 0 Å². The van der Waals surface area contributed by atoms with Crippen LogP contribution < -0.4 is 4.74 Å². The molecule has 1 atom stereocenters. The van der Waals surface area contributed by atoms with Crippen molar-refractivity contribution >= 4 is 5.78 Å². The molecule has 0 aromatic heterocycles. The topological polar surface area (TPSA) is 26.3 Å². The van der Waals surface area contributed by atoms with E-state index in [2.05, 4.69) is 0 Å². The first-order chi connectivity index (χ1) is 9.61. The minimum atomic E-state index is -0.599. The molecular weight excluding hydrogens is 255 g/mol. The lowest BCUT2D eigenvalue weighted by Gasteiger charge is -2.18. The van der Waals surface area contributed by atoms with Gasteiger partial charge in [0.1, 0.15) is 11.6 Å². The van der Waals surface area contributed by atoms with E-state index in [1.165, 1.54) is 12.1 Å². The van der Waals surface area contributed by atoms with Crippen LogP contribution in [0.25, 0.3) is 0 Å². The second-order valence-electron chi connectivity index (χ2n) is 4.65. The number of benzene rings is 2. The van der Waals surface area contributed by atoms with Crippen LogP contribution in [0.5, 0.6) is 5.75 Å². The zero-order chi connectivity index (χ0) is 14.5. The number of ether oxygens (including phenoxy) is 1. The number of carbonyl (C=O) groups excluding carboxylic acids is 1. The number of aryl methyl sites for hydroxylation is 1. The molecule has 0 spiro atoms. The third-order valence-electron chi connectivity index (χ3n) is 3.14. The minimum Gasteiger partial charge on any atom is -0.482 e. The van der Waals surface area contributed by atoms with Crippen molar-refractivity contribution < 1.29 is 13.9 Å². The Morgan fingerprint density at radius 2 is 1.90 bits per heavy atom. The van der Waals surface area contributed by atoms with Crippen molar-refractivity contribution in [2.24, 2.45) is 0 Å². The summed E-state index contributed by atoms with van der Waals surface area (Å²) in [6.07, 6.45) is -0.0677. The van der Waals surface area contributed by atoms with Crippen LogP contribution in [-0.2, 0) is 0 Å². The summed E-state index contributed by atoms with van der Waals surface area (Å²) >= 11 is 0. The summed E-state index contributed by atoms with van der Waals surface area (Å²) in [5.74, 6) is -0.0366. The lowest BCUT2D eigenvalue weighted by molar-refractivity contribution is 0.0785. The fourth-order valence-corrected chi connectivity index (χ4v) is 1.96. The molecule has 0 aliphatic rings. The summed E-state index contributed by atoms with van der Waals surface area (Å²) in [7, 11) is 0. The molecule has 0 aliphatic heterocycles. The van der Waals surface area contributed by atoms with Gasteiger partial charge in [-0.2, -0.15) is 0 Å². The van der Waals surface area contributed by atoms with E-state index in [4.69, 9.17) is 4.74 Å². The summed E-state index contributed by atoms with van der Waals surface area (Å²) in [6, 6.07) is 13.3. The predicted octanol–water partition coefficient (Wildman–Crippen LogP) is 4.17. The Bertz CT molecular complexity index is 593. The lowest BCUT2D eigenvalue weighted by atomic mass is 10.0. The fourth-order valence-electron chi connectivity index (χ4n) is 1.96. The number of Topliss-reactive ketones (excluding diaryl/α,β-unsaturated/α-hetero) is 1. The first-order valence-electron chi connectivity index (χ1n) is 6.64. The van der Waals surface area contributed by atoms with Gasteiger partial charge in [0.05, 0.1) is 0 Å². The molecule has 0 saturated heterocycles. The van der Waals surface area contributed by atoms with Gasteiger partial charge >= 0.3 is 0 Å². The lowest BCUT2D eigenvalue weighted by Crippen LogP contribution is -2.27. The zero-order valence-electron chi connectivity index (χ0n) is 11.6. The molecule has 0 fully saturated rings. The second-order valence-corrected chi connectivity index (χ2v) is 4.65. The summed E-state index contributed by atoms with van der Waals surface area (Å²) < 4.78 is 19.0. The van der Waals surface area contributed by atoms with Gasteiger partial charge < -0.3 is 4.74 Å². The Morgan fingerprint density at radius 1 is 1.20 bits per heavy atom.